The highest BCUT2D eigenvalue weighted by molar-refractivity contribution is 5.91. The number of urea groups is 1. The summed E-state index contributed by atoms with van der Waals surface area (Å²) in [4.78, 5) is 18.6. The highest BCUT2D eigenvalue weighted by Crippen LogP contribution is 2.38. The van der Waals surface area contributed by atoms with Crippen molar-refractivity contribution >= 4 is 22.6 Å². The second kappa shape index (κ2) is 7.80. The Balaban J connectivity index is 1.55. The number of amides is 2. The molecule has 1 atom stereocenters. The highest BCUT2D eigenvalue weighted by Gasteiger charge is 2.34. The number of hydrogen-bond donors (Lipinski definition) is 2. The number of nitrogens with zero attached hydrogens (tertiary/aromatic N) is 1. The molecule has 0 saturated carbocycles. The molecule has 5 rings (SSSR count). The standard InChI is InChI=1S/C25H22FN3O2/c1-31-19-6-4-5-18(15-19)27-25(30)29-14-13-21-20-7-2-3-8-22(20)28-23(21)24(29)16-9-11-17(26)12-10-16/h2-12,15,24,28H,13-14H2,1H3,(H,27,30)/t24-/m0/s1. The first-order valence-corrected chi connectivity index (χ1v) is 10.2. The fraction of sp³-hybridized carbons (Fsp3) is 0.160. The van der Waals surface area contributed by atoms with Gasteiger partial charge in [-0.05, 0) is 47.9 Å². The summed E-state index contributed by atoms with van der Waals surface area (Å²) in [5.41, 5.74) is 4.73. The monoisotopic (exact) mass is 415 g/mol. The Kier molecular flexibility index (Phi) is 4.82. The van der Waals surface area contributed by atoms with Gasteiger partial charge in [-0.3, -0.25) is 0 Å². The molecule has 1 aliphatic rings. The van der Waals surface area contributed by atoms with E-state index in [9.17, 15) is 9.18 Å². The van der Waals surface area contributed by atoms with E-state index in [2.05, 4.69) is 16.4 Å². The van der Waals surface area contributed by atoms with Gasteiger partial charge in [-0.25, -0.2) is 9.18 Å². The van der Waals surface area contributed by atoms with E-state index in [1.807, 2.05) is 36.4 Å². The minimum absolute atomic E-state index is 0.216. The summed E-state index contributed by atoms with van der Waals surface area (Å²) in [5, 5.41) is 4.15. The van der Waals surface area contributed by atoms with Crippen LogP contribution in [0.4, 0.5) is 14.9 Å². The average Bonchev–Trinajstić information content (AvgIpc) is 3.18. The van der Waals surface area contributed by atoms with Crippen LogP contribution in [0.5, 0.6) is 5.75 Å². The van der Waals surface area contributed by atoms with E-state index < -0.39 is 0 Å². The predicted octanol–water partition coefficient (Wildman–Crippen LogP) is 5.50. The van der Waals surface area contributed by atoms with Crippen LogP contribution in [0, 0.1) is 5.82 Å². The van der Waals surface area contributed by atoms with Gasteiger partial charge in [0, 0.05) is 34.9 Å². The van der Waals surface area contributed by atoms with E-state index in [0.717, 1.165) is 28.6 Å². The fourth-order valence-corrected chi connectivity index (χ4v) is 4.35. The normalized spacial score (nSPS) is 15.5. The van der Waals surface area contributed by atoms with Crippen molar-refractivity contribution in [2.45, 2.75) is 12.5 Å². The Labute approximate surface area is 179 Å². The number of aromatic amines is 1. The van der Waals surface area contributed by atoms with Crippen molar-refractivity contribution in [1.82, 2.24) is 9.88 Å². The van der Waals surface area contributed by atoms with Gasteiger partial charge in [-0.15, -0.1) is 0 Å². The molecule has 1 aromatic heterocycles. The van der Waals surface area contributed by atoms with Crippen molar-refractivity contribution < 1.29 is 13.9 Å². The molecule has 6 heteroatoms. The van der Waals surface area contributed by atoms with Gasteiger partial charge in [0.15, 0.2) is 0 Å². The molecular weight excluding hydrogens is 393 g/mol. The number of aromatic nitrogens is 1. The predicted molar refractivity (Wildman–Crippen MR) is 119 cm³/mol. The third kappa shape index (κ3) is 3.50. The number of H-pyrrole nitrogens is 1. The van der Waals surface area contributed by atoms with E-state index in [1.54, 1.807) is 30.2 Å². The molecule has 0 unspecified atom stereocenters. The van der Waals surface area contributed by atoms with E-state index in [4.69, 9.17) is 4.74 Å². The van der Waals surface area contributed by atoms with Crippen LogP contribution in [-0.2, 0) is 6.42 Å². The average molecular weight is 415 g/mol. The summed E-state index contributed by atoms with van der Waals surface area (Å²) in [7, 11) is 1.59. The number of carbonyl (C=O) groups is 1. The molecule has 5 nitrogen and oxygen atoms in total. The second-order valence-corrected chi connectivity index (χ2v) is 7.62. The summed E-state index contributed by atoms with van der Waals surface area (Å²) in [6.45, 7) is 0.548. The molecule has 0 fully saturated rings. The minimum Gasteiger partial charge on any atom is -0.497 e. The van der Waals surface area contributed by atoms with Gasteiger partial charge < -0.3 is 19.9 Å². The first-order valence-electron chi connectivity index (χ1n) is 10.2. The van der Waals surface area contributed by atoms with E-state index >= 15 is 0 Å². The molecule has 31 heavy (non-hydrogen) atoms. The third-order valence-electron chi connectivity index (χ3n) is 5.80. The molecule has 3 aromatic carbocycles. The SMILES string of the molecule is COc1cccc(NC(=O)N2CCc3c([nH]c4ccccc34)[C@@H]2c2ccc(F)cc2)c1. The topological polar surface area (TPSA) is 57.4 Å². The van der Waals surface area contributed by atoms with Crippen molar-refractivity contribution in [1.29, 1.82) is 0 Å². The lowest BCUT2D eigenvalue weighted by atomic mass is 9.92. The van der Waals surface area contributed by atoms with Crippen molar-refractivity contribution in [3.05, 3.63) is 95.4 Å². The molecule has 0 aliphatic carbocycles. The molecule has 2 N–H and O–H groups in total. The molecule has 0 spiro atoms. The molecule has 156 valence electrons. The van der Waals surface area contributed by atoms with Gasteiger partial charge in [-0.1, -0.05) is 36.4 Å². The number of hydrogen-bond acceptors (Lipinski definition) is 2. The van der Waals surface area contributed by atoms with Crippen LogP contribution >= 0.6 is 0 Å². The number of halogens is 1. The second-order valence-electron chi connectivity index (χ2n) is 7.62. The van der Waals surface area contributed by atoms with Crippen LogP contribution in [0.1, 0.15) is 22.9 Å². The number of fused-ring (bicyclic) bond motifs is 3. The van der Waals surface area contributed by atoms with Gasteiger partial charge in [-0.2, -0.15) is 0 Å². The smallest absolute Gasteiger partial charge is 0.322 e. The first-order chi connectivity index (χ1) is 15.1. The summed E-state index contributed by atoms with van der Waals surface area (Å²) in [6.07, 6.45) is 0.739. The molecule has 0 bridgehead atoms. The first kappa shape index (κ1) is 19.2. The van der Waals surface area contributed by atoms with Crippen LogP contribution in [-0.4, -0.2) is 29.6 Å². The Morgan fingerprint density at radius 2 is 1.90 bits per heavy atom. The summed E-state index contributed by atoms with van der Waals surface area (Å²) in [6, 6.07) is 21.2. The lowest BCUT2D eigenvalue weighted by molar-refractivity contribution is 0.193. The van der Waals surface area contributed by atoms with Crippen molar-refractivity contribution in [2.75, 3.05) is 19.0 Å². The fourth-order valence-electron chi connectivity index (χ4n) is 4.35. The van der Waals surface area contributed by atoms with Crippen LogP contribution < -0.4 is 10.1 Å². The van der Waals surface area contributed by atoms with Gasteiger partial charge in [0.2, 0.25) is 0 Å². The zero-order valence-corrected chi connectivity index (χ0v) is 17.1. The summed E-state index contributed by atoms with van der Waals surface area (Å²) in [5.74, 6) is 0.369. The number of anilines is 1. The van der Waals surface area contributed by atoms with Crippen molar-refractivity contribution in [2.24, 2.45) is 0 Å². The molecular formula is C25H22FN3O2. The molecule has 1 aliphatic heterocycles. The lowest BCUT2D eigenvalue weighted by Crippen LogP contribution is -2.43. The number of ether oxygens (including phenoxy) is 1. The Bertz CT molecular complexity index is 1250. The van der Waals surface area contributed by atoms with Gasteiger partial charge in [0.25, 0.3) is 0 Å². The summed E-state index contributed by atoms with van der Waals surface area (Å²) >= 11 is 0. The maximum atomic E-state index is 13.6. The quantitative estimate of drug-likeness (QED) is 0.465. The van der Waals surface area contributed by atoms with E-state index in [0.29, 0.717) is 18.0 Å². The molecule has 4 aromatic rings. The van der Waals surface area contributed by atoms with E-state index in [1.165, 1.54) is 17.7 Å². The number of nitrogens with one attached hydrogen (secondary N) is 2. The minimum atomic E-state index is -0.345. The van der Waals surface area contributed by atoms with Gasteiger partial charge in [0.1, 0.15) is 11.6 Å². The Hall–Kier alpha value is -3.80. The number of benzene rings is 3. The highest BCUT2D eigenvalue weighted by atomic mass is 19.1. The van der Waals surface area contributed by atoms with Crippen molar-refractivity contribution in [3.8, 4) is 5.75 Å². The largest absolute Gasteiger partial charge is 0.497 e. The zero-order chi connectivity index (χ0) is 21.4. The number of para-hydroxylation sites is 1. The van der Waals surface area contributed by atoms with E-state index in [-0.39, 0.29) is 17.9 Å². The van der Waals surface area contributed by atoms with Crippen LogP contribution in [0.3, 0.4) is 0 Å². The molecule has 2 heterocycles. The van der Waals surface area contributed by atoms with Crippen LogP contribution in [0.15, 0.2) is 72.8 Å². The van der Waals surface area contributed by atoms with Gasteiger partial charge in [0.05, 0.1) is 13.2 Å². The number of rotatable bonds is 3. The zero-order valence-electron chi connectivity index (χ0n) is 17.1. The third-order valence-corrected chi connectivity index (χ3v) is 5.80. The van der Waals surface area contributed by atoms with Gasteiger partial charge >= 0.3 is 6.03 Å². The summed E-state index contributed by atoms with van der Waals surface area (Å²) < 4.78 is 18.9. The molecule has 2 amide bonds. The van der Waals surface area contributed by atoms with Crippen LogP contribution in [0.2, 0.25) is 0 Å². The van der Waals surface area contributed by atoms with Crippen molar-refractivity contribution in [3.63, 3.8) is 0 Å². The Morgan fingerprint density at radius 3 is 2.71 bits per heavy atom. The van der Waals surface area contributed by atoms with Crippen LogP contribution in [0.25, 0.3) is 10.9 Å². The Morgan fingerprint density at radius 1 is 1.10 bits per heavy atom. The number of carbonyl (C=O) groups excluding carboxylic acids is 1. The maximum absolute atomic E-state index is 13.6. The molecule has 0 radical (unpaired) electrons. The maximum Gasteiger partial charge on any atom is 0.322 e. The lowest BCUT2D eigenvalue weighted by Gasteiger charge is -2.36. The molecule has 0 saturated heterocycles. The number of methoxy groups -OCH3 is 1.